The lowest BCUT2D eigenvalue weighted by molar-refractivity contribution is -0.148. The van der Waals surface area contributed by atoms with Gasteiger partial charge in [-0.15, -0.1) is 0 Å². The molecule has 0 amide bonds. The maximum Gasteiger partial charge on any atom is 0.306 e. The molecule has 184 valence electrons. The average Bonchev–Trinajstić information content (AvgIpc) is 2.75. The van der Waals surface area contributed by atoms with E-state index in [2.05, 4.69) is 11.9 Å². The van der Waals surface area contributed by atoms with E-state index in [1.807, 2.05) is 59.0 Å². The Hall–Kier alpha value is -2.01. The van der Waals surface area contributed by atoms with Crippen LogP contribution in [-0.4, -0.2) is 34.1 Å². The highest BCUT2D eigenvalue weighted by Gasteiger charge is 2.31. The van der Waals surface area contributed by atoms with E-state index >= 15 is 0 Å². The Bertz CT molecular complexity index is 812. The molecular weight excluding hydrogens is 414 g/mol. The molecule has 1 aromatic heterocycles. The van der Waals surface area contributed by atoms with Gasteiger partial charge in [-0.05, 0) is 74.6 Å². The highest BCUT2D eigenvalue weighted by Crippen LogP contribution is 2.30. The third-order valence-corrected chi connectivity index (χ3v) is 7.13. The van der Waals surface area contributed by atoms with Crippen LogP contribution in [0.2, 0.25) is 0 Å². The third kappa shape index (κ3) is 9.04. The predicted octanol–water partition coefficient (Wildman–Crippen LogP) is 6.07. The smallest absolute Gasteiger partial charge is 0.306 e. The Labute approximate surface area is 200 Å². The van der Waals surface area contributed by atoms with E-state index in [0.29, 0.717) is 12.3 Å². The molecule has 0 radical (unpaired) electrons. The number of ketones is 1. The van der Waals surface area contributed by atoms with Crippen molar-refractivity contribution in [3.63, 3.8) is 0 Å². The van der Waals surface area contributed by atoms with Gasteiger partial charge in [0.05, 0.1) is 11.8 Å². The lowest BCUT2D eigenvalue weighted by atomic mass is 9.79. The molecule has 0 aliphatic carbocycles. The summed E-state index contributed by atoms with van der Waals surface area (Å²) >= 11 is 0. The minimum absolute atomic E-state index is 0.00758. The second-order valence-corrected chi connectivity index (χ2v) is 10.8. The number of Topliss-reactive ketones (excluding diaryl/α,β-unsaturated/α-hetero) is 1. The maximum atomic E-state index is 12.8. The van der Waals surface area contributed by atoms with Crippen LogP contribution in [0.25, 0.3) is 6.08 Å². The van der Waals surface area contributed by atoms with Crippen molar-refractivity contribution in [1.29, 1.82) is 0 Å². The van der Waals surface area contributed by atoms with Crippen LogP contribution in [0.15, 0.2) is 23.9 Å². The number of aliphatic hydroxyl groups excluding tert-OH is 1. The molecule has 0 spiro atoms. The minimum atomic E-state index is -0.669. The summed E-state index contributed by atoms with van der Waals surface area (Å²) in [5.41, 5.74) is 2.28. The average molecular weight is 458 g/mol. The van der Waals surface area contributed by atoms with E-state index in [1.165, 1.54) is 0 Å². The van der Waals surface area contributed by atoms with Gasteiger partial charge in [-0.25, -0.2) is 0 Å². The normalized spacial score (nSPS) is 28.9. The Balaban J connectivity index is 2.18. The van der Waals surface area contributed by atoms with Gasteiger partial charge in [0.25, 0.3) is 0 Å². The first-order chi connectivity index (χ1) is 15.5. The van der Waals surface area contributed by atoms with E-state index in [1.54, 1.807) is 0 Å². The molecule has 1 N–H and O–H groups in total. The van der Waals surface area contributed by atoms with Crippen LogP contribution in [0.1, 0.15) is 97.2 Å². The first-order valence-corrected chi connectivity index (χ1v) is 12.5. The summed E-state index contributed by atoms with van der Waals surface area (Å²) in [7, 11) is 0. The lowest BCUT2D eigenvalue weighted by Crippen LogP contribution is -2.32. The van der Waals surface area contributed by atoms with E-state index in [4.69, 9.17) is 4.74 Å². The molecule has 5 heteroatoms. The number of carbonyl (C=O) groups is 2. The van der Waals surface area contributed by atoms with E-state index in [-0.39, 0.29) is 36.6 Å². The Morgan fingerprint density at radius 2 is 1.88 bits per heavy atom. The van der Waals surface area contributed by atoms with Crippen molar-refractivity contribution in [1.82, 2.24) is 4.98 Å². The number of pyridine rings is 1. The fourth-order valence-electron chi connectivity index (χ4n) is 4.27. The van der Waals surface area contributed by atoms with Gasteiger partial charge in [-0.1, -0.05) is 46.6 Å². The largest absolute Gasteiger partial charge is 0.458 e. The highest BCUT2D eigenvalue weighted by atomic mass is 16.5. The monoisotopic (exact) mass is 457 g/mol. The second-order valence-electron chi connectivity index (χ2n) is 10.8. The molecule has 2 heterocycles. The van der Waals surface area contributed by atoms with E-state index in [0.717, 1.165) is 48.9 Å². The maximum absolute atomic E-state index is 12.8. The summed E-state index contributed by atoms with van der Waals surface area (Å²) in [4.78, 5) is 30.0. The van der Waals surface area contributed by atoms with Gasteiger partial charge in [0.1, 0.15) is 11.9 Å². The number of aromatic nitrogens is 1. The quantitative estimate of drug-likeness (QED) is 0.546. The van der Waals surface area contributed by atoms with Crippen molar-refractivity contribution in [3.8, 4) is 0 Å². The minimum Gasteiger partial charge on any atom is -0.458 e. The van der Waals surface area contributed by atoms with Crippen molar-refractivity contribution in [2.45, 2.75) is 105 Å². The van der Waals surface area contributed by atoms with Crippen LogP contribution in [0.5, 0.6) is 0 Å². The van der Waals surface area contributed by atoms with Gasteiger partial charge >= 0.3 is 5.97 Å². The van der Waals surface area contributed by atoms with Crippen LogP contribution in [0.4, 0.5) is 0 Å². The number of aliphatic hydroxyl groups is 1. The number of nitrogens with zero attached hydrogens (tertiary/aromatic N) is 1. The lowest BCUT2D eigenvalue weighted by Gasteiger charge is -2.27. The molecule has 1 fully saturated rings. The van der Waals surface area contributed by atoms with Crippen LogP contribution >= 0.6 is 0 Å². The number of aryl methyl sites for hydroxylation is 1. The van der Waals surface area contributed by atoms with Crippen molar-refractivity contribution in [3.05, 3.63) is 35.2 Å². The van der Waals surface area contributed by atoms with Crippen molar-refractivity contribution in [2.24, 2.45) is 17.3 Å². The Morgan fingerprint density at radius 1 is 1.15 bits per heavy atom. The number of ether oxygens (including phenoxy) is 1. The van der Waals surface area contributed by atoms with Gasteiger partial charge in [-0.3, -0.25) is 14.6 Å². The topological polar surface area (TPSA) is 76.5 Å². The molecule has 0 aromatic carbocycles. The summed E-state index contributed by atoms with van der Waals surface area (Å²) in [5, 5.41) is 10.5. The molecule has 1 saturated heterocycles. The molecule has 4 atom stereocenters. The van der Waals surface area contributed by atoms with E-state index < -0.39 is 11.5 Å². The molecule has 1 aromatic rings. The standard InChI is InChI=1S/C28H43NO4/c1-19-8-7-9-21(3)24(30)17-26(31)28(5,6)15-14-27(32)33-25(13-11-19)22(4)16-23-12-10-20(2)18-29-23/h10,12,16,18-19,21,24-25,30H,7-9,11,13-15,17H2,1-6H3/b22-16+/t19?,21-,24?,25?/m0/s1. The number of hydrogen-bond acceptors (Lipinski definition) is 5. The highest BCUT2D eigenvalue weighted by molar-refractivity contribution is 5.85. The van der Waals surface area contributed by atoms with Gasteiger partial charge in [0.2, 0.25) is 0 Å². The molecule has 0 saturated carbocycles. The Kier molecular flexibility index (Phi) is 10.3. The van der Waals surface area contributed by atoms with Crippen molar-refractivity contribution < 1.29 is 19.4 Å². The van der Waals surface area contributed by atoms with Crippen LogP contribution < -0.4 is 0 Å². The Morgan fingerprint density at radius 3 is 2.55 bits per heavy atom. The fourth-order valence-corrected chi connectivity index (χ4v) is 4.27. The molecule has 1 aliphatic heterocycles. The first kappa shape index (κ1) is 27.2. The molecule has 5 nitrogen and oxygen atoms in total. The molecule has 1 aliphatic rings. The molecular formula is C28H43NO4. The van der Waals surface area contributed by atoms with Gasteiger partial charge in [-0.2, -0.15) is 0 Å². The third-order valence-electron chi connectivity index (χ3n) is 7.13. The van der Waals surface area contributed by atoms with Gasteiger partial charge < -0.3 is 9.84 Å². The molecule has 0 bridgehead atoms. The predicted molar refractivity (Wildman–Crippen MR) is 133 cm³/mol. The summed E-state index contributed by atoms with van der Waals surface area (Å²) in [6, 6.07) is 4.00. The molecule has 3 unspecified atom stereocenters. The van der Waals surface area contributed by atoms with E-state index in [9.17, 15) is 14.7 Å². The zero-order valence-corrected chi connectivity index (χ0v) is 21.4. The zero-order valence-electron chi connectivity index (χ0n) is 21.4. The number of rotatable bonds is 2. The second kappa shape index (κ2) is 12.5. The van der Waals surface area contributed by atoms with Crippen molar-refractivity contribution >= 4 is 17.8 Å². The molecule has 2 rings (SSSR count). The number of esters is 1. The summed E-state index contributed by atoms with van der Waals surface area (Å²) in [5.74, 6) is 0.316. The first-order valence-electron chi connectivity index (χ1n) is 12.5. The summed E-state index contributed by atoms with van der Waals surface area (Å²) in [6.45, 7) is 12.0. The summed E-state index contributed by atoms with van der Waals surface area (Å²) in [6.07, 6.45) is 8.37. The number of hydrogen-bond donors (Lipinski definition) is 1. The zero-order chi connectivity index (χ0) is 24.6. The van der Waals surface area contributed by atoms with Crippen molar-refractivity contribution in [2.75, 3.05) is 0 Å². The molecule has 33 heavy (non-hydrogen) atoms. The van der Waals surface area contributed by atoms with Crippen LogP contribution in [0, 0.1) is 24.2 Å². The number of cyclic esters (lactones) is 1. The number of carbonyl (C=O) groups excluding carboxylic acids is 2. The van der Waals surface area contributed by atoms with Gasteiger partial charge in [0, 0.05) is 24.5 Å². The van der Waals surface area contributed by atoms with Crippen LogP contribution in [0.3, 0.4) is 0 Å². The fraction of sp³-hybridized carbons (Fsp3) is 0.679. The SMILES string of the molecule is C/C(=C\c1ccc(C)cn1)C1CCC(C)CCC[C@H](C)C(O)CC(=O)C(C)(C)CCC(=O)O1. The van der Waals surface area contributed by atoms with Gasteiger partial charge in [0.15, 0.2) is 0 Å². The summed E-state index contributed by atoms with van der Waals surface area (Å²) < 4.78 is 5.93. The van der Waals surface area contributed by atoms with Crippen LogP contribution in [-0.2, 0) is 14.3 Å².